The van der Waals surface area contributed by atoms with Crippen molar-refractivity contribution in [3.63, 3.8) is 0 Å². The van der Waals surface area contributed by atoms with Crippen LogP contribution >= 0.6 is 0 Å². The Kier molecular flexibility index (Phi) is 5.93. The molecular formula is C24H24F3N7O. The number of nitrogens with two attached hydrogens (primary N) is 1. The van der Waals surface area contributed by atoms with Crippen molar-refractivity contribution < 1.29 is 18.0 Å². The Morgan fingerprint density at radius 1 is 1.23 bits per heavy atom. The Bertz CT molecular complexity index is 1350. The molecule has 3 aromatic heterocycles. The van der Waals surface area contributed by atoms with E-state index >= 15 is 0 Å². The number of halogens is 3. The number of pyridine rings is 1. The predicted octanol–water partition coefficient (Wildman–Crippen LogP) is 4.01. The van der Waals surface area contributed by atoms with Crippen LogP contribution in [0.2, 0.25) is 0 Å². The third kappa shape index (κ3) is 4.72. The van der Waals surface area contributed by atoms with Gasteiger partial charge in [-0.15, -0.1) is 0 Å². The fraction of sp³-hybridized carbons (Fsp3) is 0.292. The average molecular weight is 483 g/mol. The fourth-order valence-corrected chi connectivity index (χ4v) is 4.46. The second-order valence-corrected chi connectivity index (χ2v) is 8.66. The van der Waals surface area contributed by atoms with E-state index in [4.69, 9.17) is 5.73 Å². The Labute approximate surface area is 198 Å². The number of carbonyl (C=O) groups is 1. The summed E-state index contributed by atoms with van der Waals surface area (Å²) >= 11 is 0. The van der Waals surface area contributed by atoms with E-state index in [2.05, 4.69) is 20.4 Å². The number of anilines is 2. The average Bonchev–Trinajstić information content (AvgIpc) is 3.46. The van der Waals surface area contributed by atoms with Crippen LogP contribution in [-0.4, -0.2) is 44.8 Å². The van der Waals surface area contributed by atoms with E-state index in [1.54, 1.807) is 15.8 Å². The van der Waals surface area contributed by atoms with Gasteiger partial charge in [0, 0.05) is 37.7 Å². The summed E-state index contributed by atoms with van der Waals surface area (Å²) in [5, 5.41) is 7.18. The number of H-pyrrole nitrogens is 1. The molecule has 35 heavy (non-hydrogen) atoms. The topological polar surface area (TPSA) is 105 Å². The number of piperidine rings is 1. The summed E-state index contributed by atoms with van der Waals surface area (Å²) < 4.78 is 43.5. The molecule has 1 aromatic carbocycles. The zero-order valence-electron chi connectivity index (χ0n) is 18.7. The minimum atomic E-state index is -4.62. The smallest absolute Gasteiger partial charge is 0.369 e. The lowest BCUT2D eigenvalue weighted by Crippen LogP contribution is -2.43. The summed E-state index contributed by atoms with van der Waals surface area (Å²) in [5.74, 6) is -0.482. The number of rotatable bonds is 5. The lowest BCUT2D eigenvalue weighted by Gasteiger charge is -2.34. The largest absolute Gasteiger partial charge is 0.419 e. The number of aromatic amines is 1. The van der Waals surface area contributed by atoms with Crippen LogP contribution in [-0.2, 0) is 12.7 Å². The van der Waals surface area contributed by atoms with Crippen LogP contribution < -0.4 is 16.0 Å². The molecule has 8 nitrogen and oxygen atoms in total. The van der Waals surface area contributed by atoms with Gasteiger partial charge in [0.05, 0.1) is 40.6 Å². The van der Waals surface area contributed by atoms with Crippen molar-refractivity contribution in [1.29, 1.82) is 0 Å². The van der Waals surface area contributed by atoms with Gasteiger partial charge in [0.1, 0.15) is 5.65 Å². The highest BCUT2D eigenvalue weighted by Gasteiger charge is 2.38. The van der Waals surface area contributed by atoms with Crippen LogP contribution in [0.5, 0.6) is 0 Å². The number of amides is 1. The number of carbonyl (C=O) groups excluding carboxylic acids is 1. The lowest BCUT2D eigenvalue weighted by atomic mass is 10.0. The van der Waals surface area contributed by atoms with Crippen molar-refractivity contribution in [3.05, 3.63) is 71.8 Å². The highest BCUT2D eigenvalue weighted by molar-refractivity contribution is 6.11. The molecule has 1 atom stereocenters. The number of hydrogen-bond acceptors (Lipinski definition) is 5. The zero-order valence-corrected chi connectivity index (χ0v) is 18.7. The van der Waals surface area contributed by atoms with Gasteiger partial charge in [0.2, 0.25) is 0 Å². The molecule has 5 rings (SSSR count). The first-order valence-corrected chi connectivity index (χ1v) is 11.2. The minimum absolute atomic E-state index is 0.0195. The lowest BCUT2D eigenvalue weighted by molar-refractivity contribution is -0.137. The molecule has 4 heterocycles. The minimum Gasteiger partial charge on any atom is -0.369 e. The van der Waals surface area contributed by atoms with Gasteiger partial charge in [-0.3, -0.25) is 9.48 Å². The summed E-state index contributed by atoms with van der Waals surface area (Å²) in [5.41, 5.74) is 6.97. The van der Waals surface area contributed by atoms with E-state index in [0.29, 0.717) is 19.5 Å². The fourth-order valence-electron chi connectivity index (χ4n) is 4.46. The van der Waals surface area contributed by atoms with Gasteiger partial charge in [-0.05, 0) is 18.4 Å². The van der Waals surface area contributed by atoms with E-state index < -0.39 is 17.6 Å². The molecule has 1 amide bonds. The van der Waals surface area contributed by atoms with Gasteiger partial charge in [0.25, 0.3) is 5.91 Å². The maximum atomic E-state index is 14.0. The van der Waals surface area contributed by atoms with Gasteiger partial charge < -0.3 is 20.9 Å². The highest BCUT2D eigenvalue weighted by Crippen LogP contribution is 2.43. The number of nitrogens with zero attached hydrogens (tertiary/aromatic N) is 4. The van der Waals surface area contributed by atoms with Crippen molar-refractivity contribution in [2.45, 2.75) is 31.6 Å². The normalized spacial score (nSPS) is 16.6. The summed E-state index contributed by atoms with van der Waals surface area (Å²) in [6.45, 7) is 1.20. The molecule has 0 aliphatic carbocycles. The number of aromatic nitrogens is 4. The molecule has 4 aromatic rings. The standard InChI is InChI=1S/C24H24F3N7O/c25-24(26,27)18-10-29-22-20(21(18)33-8-4-7-17(28)14-33)19(11-30-22)32-23(35)16-9-31-34(13-16)12-15-5-2-1-3-6-15/h1-3,5-6,9-11,13,17H,4,7-8,12,14,28H2,(H,29,30)(H,32,35)/t17-/m1/s1. The van der Waals surface area contributed by atoms with Crippen molar-refractivity contribution in [1.82, 2.24) is 19.7 Å². The van der Waals surface area contributed by atoms with Gasteiger partial charge >= 0.3 is 6.18 Å². The van der Waals surface area contributed by atoms with E-state index in [9.17, 15) is 18.0 Å². The van der Waals surface area contributed by atoms with E-state index in [0.717, 1.165) is 18.2 Å². The number of nitrogens with one attached hydrogen (secondary N) is 2. The third-order valence-electron chi connectivity index (χ3n) is 6.08. The molecule has 182 valence electrons. The molecule has 0 bridgehead atoms. The molecule has 1 aliphatic heterocycles. The molecule has 1 fully saturated rings. The first-order chi connectivity index (χ1) is 16.8. The van der Waals surface area contributed by atoms with Crippen LogP contribution in [0.3, 0.4) is 0 Å². The van der Waals surface area contributed by atoms with E-state index in [1.165, 1.54) is 12.4 Å². The number of alkyl halides is 3. The molecule has 0 spiro atoms. The highest BCUT2D eigenvalue weighted by atomic mass is 19.4. The summed E-state index contributed by atoms with van der Waals surface area (Å²) in [7, 11) is 0. The number of fused-ring (bicyclic) bond motifs is 1. The second kappa shape index (κ2) is 9.06. The maximum absolute atomic E-state index is 14.0. The Balaban J connectivity index is 1.47. The summed E-state index contributed by atoms with van der Waals surface area (Å²) in [4.78, 5) is 21.5. The third-order valence-corrected chi connectivity index (χ3v) is 6.08. The molecule has 11 heteroatoms. The first kappa shape index (κ1) is 22.9. The molecule has 0 unspecified atom stereocenters. The van der Waals surface area contributed by atoms with Crippen LogP contribution in [0, 0.1) is 0 Å². The van der Waals surface area contributed by atoms with Gasteiger partial charge in [-0.1, -0.05) is 30.3 Å². The quantitative estimate of drug-likeness (QED) is 0.398. The van der Waals surface area contributed by atoms with E-state index in [1.807, 2.05) is 30.3 Å². The van der Waals surface area contributed by atoms with Crippen molar-refractivity contribution in [2.24, 2.45) is 5.73 Å². The van der Waals surface area contributed by atoms with Crippen LogP contribution in [0.1, 0.15) is 34.3 Å². The van der Waals surface area contributed by atoms with Crippen molar-refractivity contribution in [2.75, 3.05) is 23.3 Å². The van der Waals surface area contributed by atoms with Gasteiger partial charge in [0.15, 0.2) is 0 Å². The molecular weight excluding hydrogens is 459 g/mol. The van der Waals surface area contributed by atoms with Crippen LogP contribution in [0.15, 0.2) is 55.1 Å². The monoisotopic (exact) mass is 483 g/mol. The van der Waals surface area contributed by atoms with E-state index in [-0.39, 0.29) is 40.6 Å². The number of benzene rings is 1. The summed E-state index contributed by atoms with van der Waals surface area (Å²) in [6, 6.07) is 9.41. The molecule has 0 radical (unpaired) electrons. The van der Waals surface area contributed by atoms with Crippen LogP contribution in [0.4, 0.5) is 24.5 Å². The van der Waals surface area contributed by atoms with Crippen molar-refractivity contribution in [3.8, 4) is 0 Å². The Hall–Kier alpha value is -3.86. The van der Waals surface area contributed by atoms with Crippen molar-refractivity contribution >= 4 is 28.3 Å². The summed E-state index contributed by atoms with van der Waals surface area (Å²) in [6.07, 6.45) is 2.11. The SMILES string of the molecule is N[C@@H]1CCCN(c2c(C(F)(F)F)cnc3[nH]cc(NC(=O)c4cnn(Cc5ccccc5)c4)c23)C1. The Morgan fingerprint density at radius 2 is 2.03 bits per heavy atom. The second-order valence-electron chi connectivity index (χ2n) is 8.66. The molecule has 1 aliphatic rings. The molecule has 1 saturated heterocycles. The number of hydrogen-bond donors (Lipinski definition) is 3. The van der Waals surface area contributed by atoms with Gasteiger partial charge in [-0.2, -0.15) is 18.3 Å². The zero-order chi connectivity index (χ0) is 24.6. The molecule has 4 N–H and O–H groups in total. The van der Waals surface area contributed by atoms with Crippen LogP contribution in [0.25, 0.3) is 11.0 Å². The predicted molar refractivity (Wildman–Crippen MR) is 126 cm³/mol. The first-order valence-electron chi connectivity index (χ1n) is 11.2. The van der Waals surface area contributed by atoms with Gasteiger partial charge in [-0.25, -0.2) is 4.98 Å². The molecule has 0 saturated carbocycles. The Morgan fingerprint density at radius 3 is 2.77 bits per heavy atom. The maximum Gasteiger partial charge on any atom is 0.419 e.